The van der Waals surface area contributed by atoms with E-state index in [1.54, 1.807) is 12.4 Å². The van der Waals surface area contributed by atoms with Gasteiger partial charge in [0.1, 0.15) is 5.69 Å². The van der Waals surface area contributed by atoms with Crippen LogP contribution < -0.4 is 5.32 Å². The van der Waals surface area contributed by atoms with Crippen LogP contribution in [0.2, 0.25) is 0 Å². The first-order valence-electron chi connectivity index (χ1n) is 5.38. The Hall–Kier alpha value is -1.33. The molecule has 0 aliphatic heterocycles. The largest absolute Gasteiger partial charge is 0.309 e. The SMILES string of the molecule is c1cc(-c2nnsc2CNC2CC2)ccn1. The van der Waals surface area contributed by atoms with Crippen molar-refractivity contribution in [1.82, 2.24) is 19.9 Å². The highest BCUT2D eigenvalue weighted by atomic mass is 32.1. The summed E-state index contributed by atoms with van der Waals surface area (Å²) in [6.07, 6.45) is 6.17. The number of hydrogen-bond acceptors (Lipinski definition) is 5. The van der Waals surface area contributed by atoms with Gasteiger partial charge in [-0.1, -0.05) is 4.49 Å². The summed E-state index contributed by atoms with van der Waals surface area (Å²) in [6, 6.07) is 4.65. The fraction of sp³-hybridized carbons (Fsp3) is 0.364. The number of nitrogens with zero attached hydrogens (tertiary/aromatic N) is 3. The van der Waals surface area contributed by atoms with Gasteiger partial charge in [-0.05, 0) is 36.5 Å². The van der Waals surface area contributed by atoms with Crippen molar-refractivity contribution >= 4 is 11.5 Å². The molecule has 0 amide bonds. The van der Waals surface area contributed by atoms with Crippen LogP contribution in [0.4, 0.5) is 0 Å². The van der Waals surface area contributed by atoms with Crippen molar-refractivity contribution in [1.29, 1.82) is 0 Å². The molecule has 2 heterocycles. The molecule has 3 rings (SSSR count). The van der Waals surface area contributed by atoms with E-state index in [2.05, 4.69) is 19.9 Å². The topological polar surface area (TPSA) is 50.7 Å². The van der Waals surface area contributed by atoms with E-state index in [1.807, 2.05) is 12.1 Å². The van der Waals surface area contributed by atoms with Gasteiger partial charge in [0.2, 0.25) is 0 Å². The normalized spacial score (nSPS) is 15.2. The van der Waals surface area contributed by atoms with E-state index in [0.29, 0.717) is 6.04 Å². The van der Waals surface area contributed by atoms with Crippen LogP contribution in [0.1, 0.15) is 17.7 Å². The van der Waals surface area contributed by atoms with Crippen molar-refractivity contribution < 1.29 is 0 Å². The molecule has 16 heavy (non-hydrogen) atoms. The summed E-state index contributed by atoms with van der Waals surface area (Å²) in [5.74, 6) is 0. The first-order valence-corrected chi connectivity index (χ1v) is 6.16. The average molecular weight is 232 g/mol. The van der Waals surface area contributed by atoms with Crippen molar-refractivity contribution in [3.8, 4) is 11.3 Å². The molecule has 0 bridgehead atoms. The lowest BCUT2D eigenvalue weighted by Gasteiger charge is -2.01. The molecule has 1 saturated carbocycles. The van der Waals surface area contributed by atoms with E-state index < -0.39 is 0 Å². The quantitative estimate of drug-likeness (QED) is 0.874. The Labute approximate surface area is 97.9 Å². The van der Waals surface area contributed by atoms with Gasteiger partial charge >= 0.3 is 0 Å². The van der Waals surface area contributed by atoms with Crippen LogP contribution >= 0.6 is 11.5 Å². The van der Waals surface area contributed by atoms with Gasteiger partial charge in [-0.2, -0.15) is 0 Å². The zero-order chi connectivity index (χ0) is 10.8. The Balaban J connectivity index is 1.81. The minimum atomic E-state index is 0.715. The van der Waals surface area contributed by atoms with Gasteiger partial charge < -0.3 is 5.32 Å². The molecule has 0 saturated heterocycles. The standard InChI is InChI=1S/C11H12N4S/c1-2-9(1)13-7-10-11(14-15-16-10)8-3-5-12-6-4-8/h3-6,9,13H,1-2,7H2. The molecular formula is C11H12N4S. The minimum absolute atomic E-state index is 0.715. The number of pyridine rings is 1. The van der Waals surface area contributed by atoms with Crippen LogP contribution in [0.25, 0.3) is 11.3 Å². The molecule has 0 spiro atoms. The van der Waals surface area contributed by atoms with Crippen molar-refractivity contribution in [2.75, 3.05) is 0 Å². The predicted octanol–water partition coefficient (Wildman–Crippen LogP) is 1.85. The lowest BCUT2D eigenvalue weighted by Crippen LogP contribution is -2.14. The van der Waals surface area contributed by atoms with Crippen molar-refractivity contribution in [2.24, 2.45) is 0 Å². The summed E-state index contributed by atoms with van der Waals surface area (Å²) in [6.45, 7) is 0.875. The van der Waals surface area contributed by atoms with E-state index in [0.717, 1.165) is 17.8 Å². The molecule has 1 fully saturated rings. The lowest BCUT2D eigenvalue weighted by molar-refractivity contribution is 0.695. The van der Waals surface area contributed by atoms with Crippen LogP contribution in [0.3, 0.4) is 0 Å². The number of hydrogen-bond donors (Lipinski definition) is 1. The van der Waals surface area contributed by atoms with Gasteiger partial charge in [0.15, 0.2) is 0 Å². The molecule has 0 unspecified atom stereocenters. The monoisotopic (exact) mass is 232 g/mol. The second-order valence-corrected chi connectivity index (χ2v) is 4.77. The summed E-state index contributed by atoms with van der Waals surface area (Å²) < 4.78 is 4.03. The van der Waals surface area contributed by atoms with Crippen LogP contribution in [-0.4, -0.2) is 20.6 Å². The van der Waals surface area contributed by atoms with Crippen LogP contribution in [0, 0.1) is 0 Å². The highest BCUT2D eigenvalue weighted by Gasteiger charge is 2.21. The van der Waals surface area contributed by atoms with Crippen LogP contribution in [-0.2, 0) is 6.54 Å². The van der Waals surface area contributed by atoms with Gasteiger partial charge in [-0.3, -0.25) is 4.98 Å². The summed E-state index contributed by atoms with van der Waals surface area (Å²) in [5, 5.41) is 7.67. The van der Waals surface area contributed by atoms with Gasteiger partial charge in [0.25, 0.3) is 0 Å². The highest BCUT2D eigenvalue weighted by Crippen LogP contribution is 2.25. The molecule has 5 heteroatoms. The van der Waals surface area contributed by atoms with Gasteiger partial charge in [-0.25, -0.2) is 0 Å². The van der Waals surface area contributed by atoms with Crippen molar-refractivity contribution in [3.63, 3.8) is 0 Å². The molecule has 1 aliphatic carbocycles. The van der Waals surface area contributed by atoms with E-state index in [4.69, 9.17) is 0 Å². The van der Waals surface area contributed by atoms with Gasteiger partial charge in [-0.15, -0.1) is 5.10 Å². The molecule has 2 aromatic heterocycles. The van der Waals surface area contributed by atoms with Crippen LogP contribution in [0.15, 0.2) is 24.5 Å². The van der Waals surface area contributed by atoms with E-state index in [-0.39, 0.29) is 0 Å². The third-order valence-electron chi connectivity index (χ3n) is 2.64. The first-order chi connectivity index (χ1) is 7.93. The molecule has 0 atom stereocenters. The fourth-order valence-electron chi connectivity index (χ4n) is 1.58. The molecule has 1 aliphatic rings. The Morgan fingerprint density at radius 3 is 2.88 bits per heavy atom. The number of rotatable bonds is 4. The summed E-state index contributed by atoms with van der Waals surface area (Å²) in [7, 11) is 0. The number of nitrogens with one attached hydrogen (secondary N) is 1. The maximum Gasteiger partial charge on any atom is 0.110 e. The lowest BCUT2D eigenvalue weighted by atomic mass is 10.2. The minimum Gasteiger partial charge on any atom is -0.309 e. The molecule has 82 valence electrons. The molecule has 1 N–H and O–H groups in total. The Kier molecular flexibility index (Phi) is 2.63. The highest BCUT2D eigenvalue weighted by molar-refractivity contribution is 7.05. The van der Waals surface area contributed by atoms with E-state index >= 15 is 0 Å². The summed E-state index contributed by atoms with van der Waals surface area (Å²) in [5.41, 5.74) is 2.08. The summed E-state index contributed by atoms with van der Waals surface area (Å²) >= 11 is 1.47. The predicted molar refractivity (Wildman–Crippen MR) is 63.0 cm³/mol. The third-order valence-corrected chi connectivity index (χ3v) is 3.36. The molecular weight excluding hydrogens is 220 g/mol. The molecule has 0 aromatic carbocycles. The Bertz CT molecular complexity index is 464. The van der Waals surface area contributed by atoms with Crippen LogP contribution in [0.5, 0.6) is 0 Å². The summed E-state index contributed by atoms with van der Waals surface area (Å²) in [4.78, 5) is 5.22. The molecule has 0 radical (unpaired) electrons. The van der Waals surface area contributed by atoms with Gasteiger partial charge in [0, 0.05) is 30.5 Å². The smallest absolute Gasteiger partial charge is 0.110 e. The van der Waals surface area contributed by atoms with E-state index in [9.17, 15) is 0 Å². The zero-order valence-electron chi connectivity index (χ0n) is 8.76. The Morgan fingerprint density at radius 1 is 1.31 bits per heavy atom. The van der Waals surface area contributed by atoms with Crippen molar-refractivity contribution in [2.45, 2.75) is 25.4 Å². The first kappa shape index (κ1) is 9.86. The third kappa shape index (κ3) is 2.10. The van der Waals surface area contributed by atoms with E-state index in [1.165, 1.54) is 29.3 Å². The second kappa shape index (κ2) is 4.27. The Morgan fingerprint density at radius 2 is 2.12 bits per heavy atom. The van der Waals surface area contributed by atoms with Gasteiger partial charge in [0.05, 0.1) is 4.88 Å². The maximum atomic E-state index is 4.19. The second-order valence-electron chi connectivity index (χ2n) is 3.94. The fourth-order valence-corrected chi connectivity index (χ4v) is 2.19. The molecule has 2 aromatic rings. The number of aromatic nitrogens is 3. The maximum absolute atomic E-state index is 4.19. The van der Waals surface area contributed by atoms with Crippen molar-refractivity contribution in [3.05, 3.63) is 29.4 Å². The zero-order valence-corrected chi connectivity index (χ0v) is 9.57. The average Bonchev–Trinajstić information content (AvgIpc) is 3.05. The molecule has 4 nitrogen and oxygen atoms in total.